The Morgan fingerprint density at radius 2 is 2.00 bits per heavy atom. The van der Waals surface area contributed by atoms with E-state index in [1.54, 1.807) is 29.1 Å². The molecule has 182 valence electrons. The minimum Gasteiger partial charge on any atom is -0.488 e. The predicted octanol–water partition coefficient (Wildman–Crippen LogP) is 1.58. The van der Waals surface area contributed by atoms with Crippen LogP contribution in [0.15, 0.2) is 29.3 Å². The fourth-order valence-electron chi connectivity index (χ4n) is 3.34. The number of hydrogen-bond acceptors (Lipinski definition) is 8. The van der Waals surface area contributed by atoms with Gasteiger partial charge in [-0.25, -0.2) is 10.1 Å². The number of amides is 1. The molecule has 1 fully saturated rings. The van der Waals surface area contributed by atoms with Crippen molar-refractivity contribution in [3.05, 3.63) is 46.0 Å². The molecule has 10 nitrogen and oxygen atoms in total. The van der Waals surface area contributed by atoms with Gasteiger partial charge in [-0.15, -0.1) is 0 Å². The Bertz CT molecular complexity index is 1080. The molecule has 3 rings (SSSR count). The molecule has 1 amide bonds. The van der Waals surface area contributed by atoms with Crippen LogP contribution in [-0.4, -0.2) is 71.5 Å². The Morgan fingerprint density at radius 3 is 2.62 bits per heavy atom. The van der Waals surface area contributed by atoms with E-state index in [0.29, 0.717) is 31.7 Å². The highest BCUT2D eigenvalue weighted by Crippen LogP contribution is 2.32. The molecule has 1 N–H and O–H groups in total. The van der Waals surface area contributed by atoms with Crippen molar-refractivity contribution in [2.45, 2.75) is 25.6 Å². The average molecular weight is 480 g/mol. The Morgan fingerprint density at radius 1 is 1.26 bits per heavy atom. The van der Waals surface area contributed by atoms with Crippen molar-refractivity contribution in [3.8, 4) is 11.8 Å². The third-order valence-corrected chi connectivity index (χ3v) is 5.13. The molecular formula is C21H23F3N6O4. The van der Waals surface area contributed by atoms with Crippen molar-refractivity contribution in [1.82, 2.24) is 20.1 Å². The maximum atomic E-state index is 13.0. The number of nitrogens with one attached hydrogen (secondary N) is 1. The second-order valence-corrected chi connectivity index (χ2v) is 7.56. The molecular weight excluding hydrogens is 457 g/mol. The van der Waals surface area contributed by atoms with Gasteiger partial charge in [-0.1, -0.05) is 0 Å². The van der Waals surface area contributed by atoms with E-state index in [1.807, 2.05) is 11.0 Å². The lowest BCUT2D eigenvalue weighted by molar-refractivity contribution is -0.140. The molecule has 2 aromatic heterocycles. The number of halogens is 3. The molecule has 0 saturated carbocycles. The van der Waals surface area contributed by atoms with Crippen LogP contribution in [-0.2, 0) is 15.7 Å². The van der Waals surface area contributed by atoms with Crippen molar-refractivity contribution >= 4 is 11.7 Å². The zero-order valence-corrected chi connectivity index (χ0v) is 18.3. The van der Waals surface area contributed by atoms with E-state index in [9.17, 15) is 22.8 Å². The molecule has 34 heavy (non-hydrogen) atoms. The summed E-state index contributed by atoms with van der Waals surface area (Å²) in [5.41, 5.74) is -2.37. The third-order valence-electron chi connectivity index (χ3n) is 5.13. The first-order chi connectivity index (χ1) is 16.2. The molecule has 1 atom stereocenters. The van der Waals surface area contributed by atoms with E-state index in [4.69, 9.17) is 14.7 Å². The first-order valence-corrected chi connectivity index (χ1v) is 10.5. The molecule has 0 radical (unpaired) electrons. The van der Waals surface area contributed by atoms with Crippen molar-refractivity contribution in [2.75, 3.05) is 44.3 Å². The fourth-order valence-corrected chi connectivity index (χ4v) is 3.34. The first kappa shape index (κ1) is 25.0. The van der Waals surface area contributed by atoms with E-state index in [2.05, 4.69) is 10.1 Å². The lowest BCUT2D eigenvalue weighted by atomic mass is 10.2. The van der Waals surface area contributed by atoms with Gasteiger partial charge in [0.05, 0.1) is 30.9 Å². The van der Waals surface area contributed by atoms with Gasteiger partial charge in [0.25, 0.3) is 5.56 Å². The summed E-state index contributed by atoms with van der Waals surface area (Å²) >= 11 is 0. The number of H-pyrrole nitrogens is 1. The number of nitriles is 1. The quantitative estimate of drug-likeness (QED) is 0.604. The van der Waals surface area contributed by atoms with E-state index in [-0.39, 0.29) is 25.5 Å². The molecule has 3 heterocycles. The highest BCUT2D eigenvalue weighted by Gasteiger charge is 2.38. The van der Waals surface area contributed by atoms with Gasteiger partial charge in [-0.2, -0.15) is 23.5 Å². The van der Waals surface area contributed by atoms with Gasteiger partial charge in [0.1, 0.15) is 18.5 Å². The van der Waals surface area contributed by atoms with Crippen LogP contribution >= 0.6 is 0 Å². The number of piperazine rings is 1. The van der Waals surface area contributed by atoms with E-state index in [1.165, 1.54) is 6.20 Å². The van der Waals surface area contributed by atoms with Crippen LogP contribution in [0.4, 0.5) is 19.0 Å². The largest absolute Gasteiger partial charge is 0.488 e. The number of aromatic amines is 1. The fraction of sp³-hybridized carbons (Fsp3) is 0.476. The standard InChI is InChI=1S/C21H23F3N6O4/c1-14(13-34-16-12-27-28-20(32)19(16)21(22,23)24)33-9-4-18(31)30-7-5-29(6-8-30)17-3-2-15(10-25)11-26-17/h2-3,11-12,14H,4-9,13H2,1H3,(H,28,32)/t14-/m1/s1. The summed E-state index contributed by atoms with van der Waals surface area (Å²) in [6.07, 6.45) is -3.10. The SMILES string of the molecule is C[C@H](COc1cn[nH]c(=O)c1C(F)(F)F)OCCC(=O)N1CCN(c2ccc(C#N)cn2)CC1. The summed E-state index contributed by atoms with van der Waals surface area (Å²) in [6.45, 7) is 3.62. The summed E-state index contributed by atoms with van der Waals surface area (Å²) in [5.74, 6) is -0.0383. The number of carbonyl (C=O) groups excluding carboxylic acids is 1. The van der Waals surface area contributed by atoms with Crippen molar-refractivity contribution < 1.29 is 27.4 Å². The van der Waals surface area contributed by atoms with Crippen LogP contribution < -0.4 is 15.2 Å². The maximum Gasteiger partial charge on any atom is 0.425 e. The molecule has 13 heteroatoms. The monoisotopic (exact) mass is 480 g/mol. The summed E-state index contributed by atoms with van der Waals surface area (Å²) in [7, 11) is 0. The van der Waals surface area contributed by atoms with Crippen LogP contribution in [0.3, 0.4) is 0 Å². The Balaban J connectivity index is 1.40. The summed E-state index contributed by atoms with van der Waals surface area (Å²) in [5, 5.41) is 13.9. The molecule has 1 aliphatic rings. The number of carbonyl (C=O) groups is 1. The highest BCUT2D eigenvalue weighted by atomic mass is 19.4. The zero-order chi connectivity index (χ0) is 24.7. The number of ether oxygens (including phenoxy) is 2. The van der Waals surface area contributed by atoms with E-state index >= 15 is 0 Å². The minimum absolute atomic E-state index is 0.0699. The predicted molar refractivity (Wildman–Crippen MR) is 113 cm³/mol. The number of anilines is 1. The Kier molecular flexibility index (Phi) is 8.06. The topological polar surface area (TPSA) is 124 Å². The summed E-state index contributed by atoms with van der Waals surface area (Å²) in [6, 6.07) is 5.48. The minimum atomic E-state index is -4.89. The van der Waals surface area contributed by atoms with Gasteiger partial charge in [0.2, 0.25) is 5.91 Å². The molecule has 1 saturated heterocycles. The molecule has 2 aromatic rings. The molecule has 0 bridgehead atoms. The second kappa shape index (κ2) is 11.0. The lowest BCUT2D eigenvalue weighted by Crippen LogP contribution is -2.49. The van der Waals surface area contributed by atoms with Crippen LogP contribution in [0, 0.1) is 11.3 Å². The number of nitrogens with zero attached hydrogens (tertiary/aromatic N) is 5. The Labute approximate surface area is 192 Å². The van der Waals surface area contributed by atoms with Crippen molar-refractivity contribution in [3.63, 3.8) is 0 Å². The zero-order valence-electron chi connectivity index (χ0n) is 18.3. The molecule has 0 unspecified atom stereocenters. The van der Waals surface area contributed by atoms with Gasteiger partial charge >= 0.3 is 6.18 Å². The summed E-state index contributed by atoms with van der Waals surface area (Å²) in [4.78, 5) is 31.9. The third kappa shape index (κ3) is 6.44. The van der Waals surface area contributed by atoms with Gasteiger partial charge in [0.15, 0.2) is 11.3 Å². The number of alkyl halides is 3. The van der Waals surface area contributed by atoms with E-state index < -0.39 is 29.2 Å². The number of aromatic nitrogens is 3. The lowest BCUT2D eigenvalue weighted by Gasteiger charge is -2.35. The molecule has 0 aromatic carbocycles. The normalized spacial score (nSPS) is 15.0. The Hall–Kier alpha value is -3.66. The van der Waals surface area contributed by atoms with Crippen LogP contribution in [0.1, 0.15) is 24.5 Å². The number of pyridine rings is 1. The van der Waals surface area contributed by atoms with E-state index in [0.717, 1.165) is 12.0 Å². The molecule has 0 spiro atoms. The molecule has 0 aliphatic carbocycles. The average Bonchev–Trinajstić information content (AvgIpc) is 2.82. The van der Waals surface area contributed by atoms with Gasteiger partial charge in [0, 0.05) is 32.4 Å². The summed E-state index contributed by atoms with van der Waals surface area (Å²) < 4.78 is 49.7. The first-order valence-electron chi connectivity index (χ1n) is 10.5. The second-order valence-electron chi connectivity index (χ2n) is 7.56. The number of rotatable bonds is 8. The van der Waals surface area contributed by atoms with Crippen molar-refractivity contribution in [1.29, 1.82) is 5.26 Å². The van der Waals surface area contributed by atoms with Crippen LogP contribution in [0.2, 0.25) is 0 Å². The van der Waals surface area contributed by atoms with Gasteiger partial charge in [-0.05, 0) is 19.1 Å². The number of hydrogen-bond donors (Lipinski definition) is 1. The van der Waals surface area contributed by atoms with Crippen LogP contribution in [0.25, 0.3) is 0 Å². The highest BCUT2D eigenvalue weighted by molar-refractivity contribution is 5.76. The van der Waals surface area contributed by atoms with Gasteiger partial charge < -0.3 is 19.3 Å². The maximum absolute atomic E-state index is 13.0. The van der Waals surface area contributed by atoms with Crippen LogP contribution in [0.5, 0.6) is 5.75 Å². The van der Waals surface area contributed by atoms with Gasteiger partial charge in [-0.3, -0.25) is 9.59 Å². The molecule has 1 aliphatic heterocycles. The van der Waals surface area contributed by atoms with Crippen molar-refractivity contribution in [2.24, 2.45) is 0 Å². The smallest absolute Gasteiger partial charge is 0.425 e.